The first-order chi connectivity index (χ1) is 53.2. The van der Waals surface area contributed by atoms with E-state index in [1.165, 1.54) is 33.1 Å². The van der Waals surface area contributed by atoms with Gasteiger partial charge in [0.1, 0.15) is 12.9 Å². The lowest BCUT2D eigenvalue weighted by Gasteiger charge is -2.64. The Morgan fingerprint density at radius 2 is 1.19 bits per heavy atom. The van der Waals surface area contributed by atoms with Crippen LogP contribution in [0.25, 0.3) is 0 Å². The van der Waals surface area contributed by atoms with Crippen LogP contribution in [0.3, 0.4) is 0 Å². The molecule has 15 aliphatic rings. The van der Waals surface area contributed by atoms with Crippen molar-refractivity contribution in [2.24, 2.45) is 101 Å². The predicted molar refractivity (Wildman–Crippen MR) is 422 cm³/mol. The second-order valence-electron chi connectivity index (χ2n) is 41.8. The van der Waals surface area contributed by atoms with E-state index in [-0.39, 0.29) is 139 Å². The zero-order chi connectivity index (χ0) is 81.4. The van der Waals surface area contributed by atoms with E-state index >= 15 is 0 Å². The molecule has 0 aromatic rings. The topological polar surface area (TPSA) is 315 Å². The Bertz CT molecular complexity index is 3470. The number of nitrogens with one attached hydrogen (secondary N) is 3. The van der Waals surface area contributed by atoms with Crippen LogP contribution >= 0.6 is 11.8 Å². The van der Waals surface area contributed by atoms with Crippen molar-refractivity contribution in [3.8, 4) is 0 Å². The number of nitrogens with zero attached hydrogens (tertiary/aromatic N) is 1. The summed E-state index contributed by atoms with van der Waals surface area (Å²) in [6, 6.07) is 0.397. The van der Waals surface area contributed by atoms with Gasteiger partial charge in [0, 0.05) is 68.3 Å². The molecule has 4 spiro atoms. The van der Waals surface area contributed by atoms with Gasteiger partial charge in [-0.15, -0.1) is 0 Å². The Balaban J connectivity index is 0.000000204. The van der Waals surface area contributed by atoms with Crippen molar-refractivity contribution >= 4 is 48.2 Å². The van der Waals surface area contributed by atoms with Crippen molar-refractivity contribution in [3.63, 3.8) is 0 Å². The molecule has 5 saturated heterocycles. The lowest BCUT2D eigenvalue weighted by molar-refractivity contribution is -0.249. The molecule has 0 bridgehead atoms. The number of morpholine rings is 1. The summed E-state index contributed by atoms with van der Waals surface area (Å²) in [7, 11) is 0. The van der Waals surface area contributed by atoms with Crippen LogP contribution < -0.4 is 16.0 Å². The fraction of sp³-hybridized carbons (Fsp3) is 0.932. The summed E-state index contributed by atoms with van der Waals surface area (Å²) in [5, 5.41) is 56.7. The van der Waals surface area contributed by atoms with Gasteiger partial charge in [-0.05, 0) is 234 Å². The summed E-state index contributed by atoms with van der Waals surface area (Å²) in [4.78, 5) is 73.1. The Morgan fingerprint density at radius 3 is 1.71 bits per heavy atom. The van der Waals surface area contributed by atoms with Crippen LogP contribution in [0.1, 0.15) is 239 Å². The Morgan fingerprint density at radius 1 is 0.673 bits per heavy atom. The second kappa shape index (κ2) is 31.7. The molecule has 5 aliphatic heterocycles. The van der Waals surface area contributed by atoms with E-state index in [9.17, 15) is 49.2 Å². The summed E-state index contributed by atoms with van der Waals surface area (Å²) < 4.78 is 61.6. The van der Waals surface area contributed by atoms with Gasteiger partial charge in [-0.25, -0.2) is 4.79 Å². The highest BCUT2D eigenvalue weighted by atomic mass is 32.2. The molecular weight excluding hydrogens is 1470 g/mol. The molecule has 15 rings (SSSR count). The van der Waals surface area contributed by atoms with E-state index < -0.39 is 66.1 Å². The summed E-state index contributed by atoms with van der Waals surface area (Å²) in [5.74, 6) is 2.71. The third-order valence-corrected chi connectivity index (χ3v) is 36.4. The molecule has 15 fully saturated rings. The number of aliphatic hydroxyl groups excluding tert-OH is 2. The fourth-order valence-electron chi connectivity index (χ4n) is 29.9. The maximum Gasteiger partial charge on any atom is 0.315 e. The third kappa shape index (κ3) is 14.5. The minimum atomic E-state index is -1.28. The van der Waals surface area contributed by atoms with E-state index in [0.29, 0.717) is 100 Å². The van der Waals surface area contributed by atoms with Gasteiger partial charge in [-0.3, -0.25) is 24.1 Å². The SMILES string of the molecule is CC(=O)O[C@@H]([C@H]1C[C@@H](C)[C@H]2[C@H](O1)[C@H](O)[C@@]1(C)[C@@H]3CC[C@H]4C(C)(C)[C@@H](O[C@@H](C=O)OCC=O)CC[C@@]45C[C@@]35CC[C@]21C)C(C)(C)O.CC(=O)O[C@@H]([C@H]1C[C@@H](C)[C@H]2[C@H](O1)[C@H](O)[C@@]1(C)[C@@H]3CC[C@H]4C(C)(C)[C@@H](O[C@H]5CN(CCOCCOCCNC(=O)CCCC[C@@H]6SCC7NC(=O)NC76)CCO5)CC[C@@]45C[C@@]35CC[C@]21C)C(C)(C)O. The number of hydrogen-bond acceptors (Lipinski definition) is 22. The highest BCUT2D eigenvalue weighted by Crippen LogP contribution is 2.91. The Hall–Kier alpha value is -3.15. The molecule has 31 atom stereocenters. The minimum absolute atomic E-state index is 0.0180. The molecule has 7 N–H and O–H groups in total. The van der Waals surface area contributed by atoms with E-state index in [1.807, 2.05) is 11.8 Å². The van der Waals surface area contributed by atoms with E-state index in [1.54, 1.807) is 27.7 Å². The number of amides is 3. The van der Waals surface area contributed by atoms with Crippen LogP contribution in [0.4, 0.5) is 4.79 Å². The molecule has 0 aromatic heterocycles. The number of unbranched alkanes of at least 4 members (excludes halogenated alkanes) is 1. The van der Waals surface area contributed by atoms with Crippen molar-refractivity contribution < 1.29 is 96.6 Å². The number of esters is 2. The second-order valence-corrected chi connectivity index (χ2v) is 43.0. The fourth-order valence-corrected chi connectivity index (χ4v) is 31.4. The molecule has 113 heavy (non-hydrogen) atoms. The molecule has 24 nitrogen and oxygen atoms in total. The number of aliphatic hydroxyl groups is 4. The van der Waals surface area contributed by atoms with Crippen LogP contribution in [0.15, 0.2) is 0 Å². The van der Waals surface area contributed by atoms with Gasteiger partial charge in [0.05, 0.1) is 105 Å². The molecule has 10 saturated carbocycles. The highest BCUT2D eigenvalue weighted by Gasteiger charge is 2.87. The van der Waals surface area contributed by atoms with E-state index in [0.717, 1.165) is 115 Å². The number of thioether (sulfide) groups is 1. The highest BCUT2D eigenvalue weighted by molar-refractivity contribution is 8.00. The molecule has 0 radical (unpaired) electrons. The van der Waals surface area contributed by atoms with Gasteiger partial charge in [-0.1, -0.05) is 75.7 Å². The lowest BCUT2D eigenvalue weighted by atomic mass is 9.41. The minimum Gasteiger partial charge on any atom is -0.457 e. The van der Waals surface area contributed by atoms with Gasteiger partial charge in [0.15, 0.2) is 24.8 Å². The summed E-state index contributed by atoms with van der Waals surface area (Å²) in [6.07, 6.45) is 15.2. The Labute approximate surface area is 676 Å². The first-order valence-corrected chi connectivity index (χ1v) is 45.0. The standard InChI is InChI=1S/C52H86N4O11S.C36H56O9/c1-31-27-34(45(48(5,6)61)65-32(2)57)66-43-41(31)49(7)17-18-52-30-51(52)16-15-38(47(3,4)36(51)13-14-37(52)50(49,8)44(43)59)67-40-28-56(21-24-64-40)20-23-63-26-25-62-22-19-53-39(58)12-10-9-11-35-42-33(29-68-35)54-46(60)55-42;1-20-17-22(30(32(5,6)41)43-21(2)39)44-28-27(20)33(7)13-14-36-19-35(36)12-11-25(45-26(18-38)42-16-15-37)31(3,4)23(35)9-10-24(36)34(33,8)29(28)40/h31,33-38,40-45,59,61H,9-30H2,1-8H3,(H,53,58)(H2,54,55,60);15,18,20,22-30,40-41H,9-14,16-17,19H2,1-8H3/t31-,33?,34-,35+,36+,37+,38+,40+,41+,42?,43+,44+,45+,49-,50-,51-,52+;20-,22-,23+,24+,25+,26+,27+,28+,29+,30+,33-,34-,35-,36+/m11/s1. The number of rotatable bonds is 28. The molecule has 0 aromatic carbocycles. The zero-order valence-electron chi connectivity index (χ0n) is 71.0. The third-order valence-electron chi connectivity index (χ3n) is 34.9. The normalized spacial score (nSPS) is 46.0. The van der Waals surface area contributed by atoms with Gasteiger partial charge in [-0.2, -0.15) is 11.8 Å². The number of urea groups is 1. The number of ether oxygens (including phenoxy) is 10. The first kappa shape index (κ1) is 86.2. The van der Waals surface area contributed by atoms with Gasteiger partial charge >= 0.3 is 18.0 Å². The summed E-state index contributed by atoms with van der Waals surface area (Å²) in [6.45, 7) is 38.4. The van der Waals surface area contributed by atoms with Crippen LogP contribution in [0.2, 0.25) is 0 Å². The number of fused-ring (bicyclic) bond motifs is 9. The summed E-state index contributed by atoms with van der Waals surface area (Å²) in [5.41, 5.74) is -2.77. The molecule has 3 amide bonds. The molecule has 2 unspecified atom stereocenters. The quantitative estimate of drug-likeness (QED) is 0.0126. The molecule has 5 heterocycles. The van der Waals surface area contributed by atoms with Crippen molar-refractivity contribution in [2.45, 2.75) is 341 Å². The predicted octanol–water partition coefficient (Wildman–Crippen LogP) is 10.0. The molecule has 10 aliphatic carbocycles. The lowest BCUT2D eigenvalue weighted by Crippen LogP contribution is -2.60. The zero-order valence-corrected chi connectivity index (χ0v) is 71.8. The van der Waals surface area contributed by atoms with Crippen molar-refractivity contribution in [1.29, 1.82) is 0 Å². The molecule has 640 valence electrons. The van der Waals surface area contributed by atoms with Gasteiger partial charge in [0.25, 0.3) is 0 Å². The monoisotopic (exact) mass is 1610 g/mol. The van der Waals surface area contributed by atoms with Crippen LogP contribution in [-0.2, 0) is 71.3 Å². The maximum absolute atomic E-state index is 12.7. The van der Waals surface area contributed by atoms with Crippen molar-refractivity contribution in [1.82, 2.24) is 20.9 Å². The van der Waals surface area contributed by atoms with Crippen molar-refractivity contribution in [3.05, 3.63) is 0 Å². The van der Waals surface area contributed by atoms with E-state index in [4.69, 9.17) is 47.4 Å². The van der Waals surface area contributed by atoms with Crippen LogP contribution in [0, 0.1) is 101 Å². The number of carbonyl (C=O) groups is 6. The van der Waals surface area contributed by atoms with Gasteiger partial charge < -0.3 is 88.5 Å². The average molecular weight is 1610 g/mol. The smallest absolute Gasteiger partial charge is 0.315 e. The maximum atomic E-state index is 12.7. The first-order valence-electron chi connectivity index (χ1n) is 43.9. The largest absolute Gasteiger partial charge is 0.457 e. The van der Waals surface area contributed by atoms with Crippen LogP contribution in [-0.4, -0.2) is 236 Å². The molecular formula is C88H142N4O20S. The number of aldehydes is 2. The number of carbonyl (C=O) groups excluding carboxylic acids is 6. The summed E-state index contributed by atoms with van der Waals surface area (Å²) >= 11 is 1.91. The van der Waals surface area contributed by atoms with Crippen LogP contribution in [0.5, 0.6) is 0 Å². The number of hydrogen-bond donors (Lipinski definition) is 7. The molecule has 25 heteroatoms. The van der Waals surface area contributed by atoms with E-state index in [2.05, 4.69) is 90.1 Å². The van der Waals surface area contributed by atoms with Gasteiger partial charge in [0.2, 0.25) is 12.2 Å². The Kier molecular flexibility index (Phi) is 24.2. The average Bonchev–Trinajstić information content (AvgIpc) is 1.46. The van der Waals surface area contributed by atoms with Crippen molar-refractivity contribution in [2.75, 3.05) is 71.6 Å².